The van der Waals surface area contributed by atoms with E-state index in [1.54, 1.807) is 53.9 Å². The molecule has 10 heteroatoms. The van der Waals surface area contributed by atoms with E-state index in [-0.39, 0.29) is 17.2 Å². The second-order valence-corrected chi connectivity index (χ2v) is 8.78. The molecule has 0 fully saturated rings. The first kappa shape index (κ1) is 21.9. The maximum absolute atomic E-state index is 13.4. The summed E-state index contributed by atoms with van der Waals surface area (Å²) >= 11 is 8.47. The summed E-state index contributed by atoms with van der Waals surface area (Å²) in [4.78, 5) is 30.5. The average molecular weight is 483 g/mol. The number of thioether (sulfide) groups is 1. The second kappa shape index (κ2) is 9.44. The number of hydrogen-bond donors (Lipinski definition) is 1. The molecule has 0 aliphatic heterocycles. The van der Waals surface area contributed by atoms with E-state index in [9.17, 15) is 9.59 Å². The van der Waals surface area contributed by atoms with Crippen molar-refractivity contribution in [2.24, 2.45) is 0 Å². The number of fused-ring (bicyclic) bond motifs is 1. The van der Waals surface area contributed by atoms with Gasteiger partial charge < -0.3 is 10.1 Å². The molecule has 32 heavy (non-hydrogen) atoms. The van der Waals surface area contributed by atoms with E-state index in [1.807, 2.05) is 6.07 Å². The Labute approximate surface area is 196 Å². The molecule has 1 N–H and O–H groups in total. The van der Waals surface area contributed by atoms with Crippen LogP contribution in [0.3, 0.4) is 0 Å². The first-order valence-corrected chi connectivity index (χ1v) is 11.5. The number of para-hydroxylation sites is 2. The van der Waals surface area contributed by atoms with Gasteiger partial charge in [0, 0.05) is 5.02 Å². The van der Waals surface area contributed by atoms with Gasteiger partial charge in [0.05, 0.1) is 35.0 Å². The van der Waals surface area contributed by atoms with Gasteiger partial charge in [-0.1, -0.05) is 35.5 Å². The number of aromatic nitrogens is 2. The Morgan fingerprint density at radius 1 is 1.31 bits per heavy atom. The van der Waals surface area contributed by atoms with E-state index in [2.05, 4.69) is 10.3 Å². The van der Waals surface area contributed by atoms with Crippen LogP contribution < -0.4 is 15.6 Å². The van der Waals surface area contributed by atoms with Gasteiger partial charge in [-0.05, 0) is 41.8 Å². The van der Waals surface area contributed by atoms with E-state index in [1.165, 1.54) is 23.0 Å². The summed E-state index contributed by atoms with van der Waals surface area (Å²) in [7, 11) is 1.52. The van der Waals surface area contributed by atoms with Crippen LogP contribution in [0.5, 0.6) is 5.75 Å². The SMILES string of the molecule is COc1ccccc1-n1c(SCC(=O)Nc2sccc2C#N)nc2cc(Cl)ccc2c1=O. The third-order valence-corrected chi connectivity index (χ3v) is 6.50. The van der Waals surface area contributed by atoms with Gasteiger partial charge in [0.2, 0.25) is 5.91 Å². The minimum absolute atomic E-state index is 0.0174. The van der Waals surface area contributed by atoms with Crippen LogP contribution in [-0.2, 0) is 4.79 Å². The zero-order chi connectivity index (χ0) is 22.7. The molecule has 0 saturated carbocycles. The number of halogens is 1. The smallest absolute Gasteiger partial charge is 0.266 e. The van der Waals surface area contributed by atoms with E-state index >= 15 is 0 Å². The minimum atomic E-state index is -0.319. The van der Waals surface area contributed by atoms with Crippen LogP contribution in [0, 0.1) is 11.3 Å². The Kier molecular flexibility index (Phi) is 6.46. The van der Waals surface area contributed by atoms with Crippen LogP contribution in [0.1, 0.15) is 5.56 Å². The number of nitrogens with one attached hydrogen (secondary N) is 1. The number of ether oxygens (including phenoxy) is 1. The number of carbonyl (C=O) groups is 1. The van der Waals surface area contributed by atoms with Crippen LogP contribution >= 0.6 is 34.7 Å². The van der Waals surface area contributed by atoms with Gasteiger partial charge >= 0.3 is 0 Å². The summed E-state index contributed by atoms with van der Waals surface area (Å²) in [5.74, 6) is 0.158. The highest BCUT2D eigenvalue weighted by Crippen LogP contribution is 2.28. The van der Waals surface area contributed by atoms with Gasteiger partial charge in [-0.25, -0.2) is 4.98 Å². The number of amides is 1. The monoisotopic (exact) mass is 482 g/mol. The molecule has 0 saturated heterocycles. The molecule has 4 rings (SSSR count). The molecule has 160 valence electrons. The molecule has 0 radical (unpaired) electrons. The lowest BCUT2D eigenvalue weighted by atomic mass is 10.2. The summed E-state index contributed by atoms with van der Waals surface area (Å²) in [6.07, 6.45) is 0. The van der Waals surface area contributed by atoms with Crippen molar-refractivity contribution in [3.8, 4) is 17.5 Å². The summed E-state index contributed by atoms with van der Waals surface area (Å²) in [5, 5.41) is 15.2. The Balaban J connectivity index is 1.74. The Bertz CT molecular complexity index is 1420. The molecule has 0 aliphatic carbocycles. The number of anilines is 1. The Morgan fingerprint density at radius 3 is 2.91 bits per heavy atom. The molecule has 0 atom stereocenters. The molecular formula is C22H15ClN4O3S2. The van der Waals surface area contributed by atoms with Gasteiger partial charge in [-0.3, -0.25) is 14.2 Å². The zero-order valence-electron chi connectivity index (χ0n) is 16.7. The standard InChI is InChI=1S/C22H15ClN4O3S2/c1-30-18-5-3-2-4-17(18)27-21(29)15-7-6-14(23)10-16(15)25-22(27)32-12-19(28)26-20-13(11-24)8-9-31-20/h2-10H,12H2,1H3,(H,26,28). The zero-order valence-corrected chi connectivity index (χ0v) is 19.1. The Morgan fingerprint density at radius 2 is 2.12 bits per heavy atom. The topological polar surface area (TPSA) is 97.0 Å². The molecule has 0 aliphatic rings. The lowest BCUT2D eigenvalue weighted by Crippen LogP contribution is -2.23. The molecular weight excluding hydrogens is 468 g/mol. The summed E-state index contributed by atoms with van der Waals surface area (Å²) < 4.78 is 6.87. The van der Waals surface area contributed by atoms with Gasteiger partial charge in [-0.2, -0.15) is 5.26 Å². The molecule has 4 aromatic rings. The van der Waals surface area contributed by atoms with Gasteiger partial charge in [0.25, 0.3) is 5.56 Å². The fourth-order valence-electron chi connectivity index (χ4n) is 3.05. The molecule has 7 nitrogen and oxygen atoms in total. The number of nitrogens with zero attached hydrogens (tertiary/aromatic N) is 3. The first-order chi connectivity index (χ1) is 15.5. The van der Waals surface area contributed by atoms with E-state index < -0.39 is 0 Å². The highest BCUT2D eigenvalue weighted by Gasteiger charge is 2.18. The molecule has 0 bridgehead atoms. The fraction of sp³-hybridized carbons (Fsp3) is 0.0909. The van der Waals surface area contributed by atoms with Crippen molar-refractivity contribution in [2.75, 3.05) is 18.2 Å². The highest BCUT2D eigenvalue weighted by molar-refractivity contribution is 7.99. The predicted molar refractivity (Wildman–Crippen MR) is 127 cm³/mol. The van der Waals surface area contributed by atoms with Crippen molar-refractivity contribution < 1.29 is 9.53 Å². The van der Waals surface area contributed by atoms with Crippen molar-refractivity contribution in [1.29, 1.82) is 5.26 Å². The number of carbonyl (C=O) groups excluding carboxylic acids is 1. The van der Waals surface area contributed by atoms with Gasteiger partial charge in [0.1, 0.15) is 16.8 Å². The summed E-state index contributed by atoms with van der Waals surface area (Å²) in [5.41, 5.74) is 1.04. The molecule has 2 heterocycles. The van der Waals surface area contributed by atoms with Crippen molar-refractivity contribution >= 4 is 56.5 Å². The maximum atomic E-state index is 13.4. The first-order valence-electron chi connectivity index (χ1n) is 9.27. The second-order valence-electron chi connectivity index (χ2n) is 6.48. The number of hydrogen-bond acceptors (Lipinski definition) is 7. The lowest BCUT2D eigenvalue weighted by Gasteiger charge is -2.15. The number of methoxy groups -OCH3 is 1. The van der Waals surface area contributed by atoms with Crippen molar-refractivity contribution in [2.45, 2.75) is 5.16 Å². The van der Waals surface area contributed by atoms with Crippen LogP contribution in [0.2, 0.25) is 5.02 Å². The Hall–Kier alpha value is -3.32. The van der Waals surface area contributed by atoms with E-state index in [0.29, 0.717) is 43.1 Å². The van der Waals surface area contributed by atoms with Crippen molar-refractivity contribution in [1.82, 2.24) is 9.55 Å². The highest BCUT2D eigenvalue weighted by atomic mass is 35.5. The number of nitriles is 1. The van der Waals surface area contributed by atoms with E-state index in [0.717, 1.165) is 11.8 Å². The van der Waals surface area contributed by atoms with Crippen LogP contribution in [0.15, 0.2) is 63.9 Å². The summed E-state index contributed by atoms with van der Waals surface area (Å²) in [6, 6.07) is 15.6. The van der Waals surface area contributed by atoms with Crippen LogP contribution in [0.25, 0.3) is 16.6 Å². The van der Waals surface area contributed by atoms with E-state index in [4.69, 9.17) is 21.6 Å². The number of rotatable bonds is 6. The lowest BCUT2D eigenvalue weighted by molar-refractivity contribution is -0.113. The largest absolute Gasteiger partial charge is 0.495 e. The molecule has 2 aromatic carbocycles. The van der Waals surface area contributed by atoms with Crippen molar-refractivity contribution in [3.05, 3.63) is 74.9 Å². The quantitative estimate of drug-likeness (QED) is 0.315. The average Bonchev–Trinajstić information content (AvgIpc) is 3.24. The molecule has 2 aromatic heterocycles. The van der Waals surface area contributed by atoms with Crippen LogP contribution in [-0.4, -0.2) is 28.3 Å². The van der Waals surface area contributed by atoms with Gasteiger partial charge in [0.15, 0.2) is 5.16 Å². The number of thiophene rings is 1. The molecule has 0 unspecified atom stereocenters. The molecule has 0 spiro atoms. The van der Waals surface area contributed by atoms with Crippen molar-refractivity contribution in [3.63, 3.8) is 0 Å². The van der Waals surface area contributed by atoms with Crippen LogP contribution in [0.4, 0.5) is 5.00 Å². The maximum Gasteiger partial charge on any atom is 0.266 e. The summed E-state index contributed by atoms with van der Waals surface area (Å²) in [6.45, 7) is 0. The third kappa shape index (κ3) is 4.34. The minimum Gasteiger partial charge on any atom is -0.495 e. The third-order valence-electron chi connectivity index (χ3n) is 4.50. The molecule has 1 amide bonds. The van der Waals surface area contributed by atoms with Gasteiger partial charge in [-0.15, -0.1) is 11.3 Å². The predicted octanol–water partition coefficient (Wildman–Crippen LogP) is 4.71. The fourth-order valence-corrected chi connectivity index (χ4v) is 4.77. The number of benzene rings is 2. The normalized spacial score (nSPS) is 10.7.